The lowest BCUT2D eigenvalue weighted by atomic mass is 9.99. The van der Waals surface area contributed by atoms with E-state index in [1.165, 1.54) is 11.3 Å². The summed E-state index contributed by atoms with van der Waals surface area (Å²) in [6, 6.07) is 8.81. The van der Waals surface area contributed by atoms with Gasteiger partial charge in [-0.1, -0.05) is 30.3 Å². The summed E-state index contributed by atoms with van der Waals surface area (Å²) in [4.78, 5) is 27.1. The standard InChI is InChI=1S/C14H15N3O3S/c15-14-17-10(8-21-14)6-12(18)16-7-11(13(19)20)9-4-2-1-3-5-9/h1-5,8,11H,6-7H2,(H2,15,17)(H,16,18)(H,19,20). The van der Waals surface area contributed by atoms with Crippen molar-refractivity contribution >= 4 is 28.3 Å². The van der Waals surface area contributed by atoms with E-state index in [0.717, 1.165) is 0 Å². The summed E-state index contributed by atoms with van der Waals surface area (Å²) in [6.07, 6.45) is 0.0921. The number of nitrogens with one attached hydrogen (secondary N) is 1. The number of aromatic nitrogens is 1. The van der Waals surface area contributed by atoms with Crippen molar-refractivity contribution in [2.75, 3.05) is 12.3 Å². The van der Waals surface area contributed by atoms with Crippen LogP contribution in [0.2, 0.25) is 0 Å². The molecule has 1 aromatic carbocycles. The van der Waals surface area contributed by atoms with Crippen molar-refractivity contribution in [3.05, 3.63) is 47.0 Å². The number of benzene rings is 1. The number of hydrogen-bond acceptors (Lipinski definition) is 5. The average Bonchev–Trinajstić information content (AvgIpc) is 2.85. The molecule has 0 aliphatic heterocycles. The minimum absolute atomic E-state index is 0.0395. The first-order chi connectivity index (χ1) is 10.1. The van der Waals surface area contributed by atoms with E-state index < -0.39 is 11.9 Å². The van der Waals surface area contributed by atoms with Crippen molar-refractivity contribution in [2.24, 2.45) is 0 Å². The van der Waals surface area contributed by atoms with Crippen LogP contribution in [-0.2, 0) is 16.0 Å². The first kappa shape index (κ1) is 15.0. The minimum Gasteiger partial charge on any atom is -0.481 e. The summed E-state index contributed by atoms with van der Waals surface area (Å²) < 4.78 is 0. The van der Waals surface area contributed by atoms with Gasteiger partial charge in [-0.05, 0) is 5.56 Å². The third-order valence-corrected chi connectivity index (χ3v) is 3.64. The molecule has 0 spiro atoms. The molecule has 1 unspecified atom stereocenters. The van der Waals surface area contributed by atoms with Gasteiger partial charge in [-0.25, -0.2) is 4.98 Å². The van der Waals surface area contributed by atoms with Crippen LogP contribution in [0.15, 0.2) is 35.7 Å². The molecule has 4 N–H and O–H groups in total. The molecule has 0 aliphatic rings. The van der Waals surface area contributed by atoms with E-state index in [-0.39, 0.29) is 18.9 Å². The number of nitrogens with zero attached hydrogens (tertiary/aromatic N) is 1. The highest BCUT2D eigenvalue weighted by molar-refractivity contribution is 7.13. The summed E-state index contributed by atoms with van der Waals surface area (Å²) in [5.41, 5.74) is 6.73. The normalized spacial score (nSPS) is 11.8. The number of hydrogen-bond donors (Lipinski definition) is 3. The summed E-state index contributed by atoms with van der Waals surface area (Å²) in [7, 11) is 0. The first-order valence-corrected chi connectivity index (χ1v) is 7.18. The third-order valence-electron chi connectivity index (χ3n) is 2.91. The minimum atomic E-state index is -0.973. The van der Waals surface area contributed by atoms with Crippen LogP contribution < -0.4 is 11.1 Å². The summed E-state index contributed by atoms with van der Waals surface area (Å²) >= 11 is 1.27. The maximum absolute atomic E-state index is 11.8. The van der Waals surface area contributed by atoms with Gasteiger partial charge in [-0.15, -0.1) is 11.3 Å². The highest BCUT2D eigenvalue weighted by atomic mass is 32.1. The highest BCUT2D eigenvalue weighted by Crippen LogP contribution is 2.15. The SMILES string of the molecule is Nc1nc(CC(=O)NCC(C(=O)O)c2ccccc2)cs1. The number of carboxylic acids is 1. The predicted octanol–water partition coefficient (Wildman–Crippen LogP) is 1.25. The maximum Gasteiger partial charge on any atom is 0.312 e. The molecule has 2 rings (SSSR count). The molecule has 0 bridgehead atoms. The molecular formula is C14H15N3O3S. The molecule has 110 valence electrons. The number of anilines is 1. The van der Waals surface area contributed by atoms with E-state index in [0.29, 0.717) is 16.4 Å². The molecule has 1 aromatic heterocycles. The molecule has 0 aliphatic carbocycles. The zero-order chi connectivity index (χ0) is 15.2. The lowest BCUT2D eigenvalue weighted by Gasteiger charge is -2.13. The van der Waals surface area contributed by atoms with Gasteiger partial charge < -0.3 is 16.2 Å². The van der Waals surface area contributed by atoms with Crippen LogP contribution in [0.5, 0.6) is 0 Å². The fourth-order valence-corrected chi connectivity index (χ4v) is 2.44. The van der Waals surface area contributed by atoms with E-state index in [1.807, 2.05) is 6.07 Å². The number of amides is 1. The molecule has 1 heterocycles. The van der Waals surface area contributed by atoms with Crippen LogP contribution in [-0.4, -0.2) is 28.5 Å². The predicted molar refractivity (Wildman–Crippen MR) is 80.1 cm³/mol. The lowest BCUT2D eigenvalue weighted by Crippen LogP contribution is -2.32. The van der Waals surface area contributed by atoms with E-state index in [4.69, 9.17) is 5.73 Å². The van der Waals surface area contributed by atoms with Crippen LogP contribution in [0, 0.1) is 0 Å². The number of aliphatic carboxylic acids is 1. The van der Waals surface area contributed by atoms with Gasteiger partial charge in [0.1, 0.15) is 0 Å². The van der Waals surface area contributed by atoms with Crippen LogP contribution in [0.25, 0.3) is 0 Å². The number of carbonyl (C=O) groups is 2. The zero-order valence-electron chi connectivity index (χ0n) is 11.2. The van der Waals surface area contributed by atoms with Crippen molar-refractivity contribution in [3.63, 3.8) is 0 Å². The molecule has 21 heavy (non-hydrogen) atoms. The van der Waals surface area contributed by atoms with Crippen LogP contribution in [0.1, 0.15) is 17.2 Å². The highest BCUT2D eigenvalue weighted by Gasteiger charge is 2.20. The molecule has 6 nitrogen and oxygen atoms in total. The zero-order valence-corrected chi connectivity index (χ0v) is 12.0. The Hall–Kier alpha value is -2.41. The largest absolute Gasteiger partial charge is 0.481 e. The van der Waals surface area contributed by atoms with Crippen molar-refractivity contribution in [1.29, 1.82) is 0 Å². The van der Waals surface area contributed by atoms with Gasteiger partial charge in [0.2, 0.25) is 5.91 Å². The number of carboxylic acid groups (broad SMARTS) is 1. The topological polar surface area (TPSA) is 105 Å². The molecular weight excluding hydrogens is 290 g/mol. The molecule has 0 fully saturated rings. The molecule has 2 aromatic rings. The van der Waals surface area contributed by atoms with Gasteiger partial charge in [-0.3, -0.25) is 9.59 Å². The quantitative estimate of drug-likeness (QED) is 0.745. The summed E-state index contributed by atoms with van der Waals surface area (Å²) in [6.45, 7) is 0.0395. The fourth-order valence-electron chi connectivity index (χ4n) is 1.88. The van der Waals surface area contributed by atoms with Crippen molar-refractivity contribution in [2.45, 2.75) is 12.3 Å². The van der Waals surface area contributed by atoms with E-state index in [9.17, 15) is 14.7 Å². The van der Waals surface area contributed by atoms with Crippen LogP contribution in [0.3, 0.4) is 0 Å². The number of rotatable bonds is 6. The molecule has 0 radical (unpaired) electrons. The van der Waals surface area contributed by atoms with E-state index >= 15 is 0 Å². The Morgan fingerprint density at radius 1 is 1.33 bits per heavy atom. The van der Waals surface area contributed by atoms with Crippen LogP contribution in [0.4, 0.5) is 5.13 Å². The molecule has 0 saturated carbocycles. The Morgan fingerprint density at radius 2 is 2.05 bits per heavy atom. The maximum atomic E-state index is 11.8. The van der Waals surface area contributed by atoms with Crippen LogP contribution >= 0.6 is 11.3 Å². The average molecular weight is 305 g/mol. The van der Waals surface area contributed by atoms with Crippen molar-refractivity contribution < 1.29 is 14.7 Å². The molecule has 7 heteroatoms. The Bertz CT molecular complexity index is 627. The number of nitrogens with two attached hydrogens (primary N) is 1. The summed E-state index contributed by atoms with van der Waals surface area (Å²) in [5.74, 6) is -2.02. The first-order valence-electron chi connectivity index (χ1n) is 6.30. The number of thiazole rings is 1. The van der Waals surface area contributed by atoms with E-state index in [2.05, 4.69) is 10.3 Å². The molecule has 0 saturated heterocycles. The second kappa shape index (κ2) is 6.85. The Kier molecular flexibility index (Phi) is 4.89. The smallest absolute Gasteiger partial charge is 0.312 e. The number of carbonyl (C=O) groups excluding carboxylic acids is 1. The van der Waals surface area contributed by atoms with Crippen molar-refractivity contribution in [3.8, 4) is 0 Å². The van der Waals surface area contributed by atoms with Gasteiger partial charge in [0, 0.05) is 11.9 Å². The van der Waals surface area contributed by atoms with E-state index in [1.54, 1.807) is 29.6 Å². The molecule has 1 amide bonds. The second-order valence-electron chi connectivity index (χ2n) is 4.46. The lowest BCUT2D eigenvalue weighted by molar-refractivity contribution is -0.138. The monoisotopic (exact) mass is 305 g/mol. The third kappa shape index (κ3) is 4.28. The van der Waals surface area contributed by atoms with Gasteiger partial charge in [0.25, 0.3) is 0 Å². The van der Waals surface area contributed by atoms with Crippen molar-refractivity contribution in [1.82, 2.24) is 10.3 Å². The molecule has 1 atom stereocenters. The Labute approximate surface area is 125 Å². The Balaban J connectivity index is 1.93. The second-order valence-corrected chi connectivity index (χ2v) is 5.35. The van der Waals surface area contributed by atoms with Gasteiger partial charge in [-0.2, -0.15) is 0 Å². The fraction of sp³-hybridized carbons (Fsp3) is 0.214. The van der Waals surface area contributed by atoms with Gasteiger partial charge in [0.15, 0.2) is 5.13 Å². The van der Waals surface area contributed by atoms with Gasteiger partial charge in [0.05, 0.1) is 18.0 Å². The summed E-state index contributed by atoms with van der Waals surface area (Å²) in [5, 5.41) is 14.0. The Morgan fingerprint density at radius 3 is 2.62 bits per heavy atom. The van der Waals surface area contributed by atoms with Gasteiger partial charge >= 0.3 is 5.97 Å². The number of nitrogen functional groups attached to an aromatic ring is 1.